The minimum atomic E-state index is -4.48. The Hall–Kier alpha value is -3.81. The molecule has 1 amide bonds. The van der Waals surface area contributed by atoms with Crippen LogP contribution in [0.4, 0.5) is 13.2 Å². The molecule has 0 radical (unpaired) electrons. The topological polar surface area (TPSA) is 93.4 Å². The molecule has 0 unspecified atom stereocenters. The van der Waals surface area contributed by atoms with Crippen LogP contribution in [0, 0.1) is 11.8 Å². The Morgan fingerprint density at radius 2 is 1.74 bits per heavy atom. The van der Waals surface area contributed by atoms with Crippen LogP contribution < -0.4 is 5.32 Å². The van der Waals surface area contributed by atoms with Crippen molar-refractivity contribution in [2.45, 2.75) is 50.6 Å². The van der Waals surface area contributed by atoms with Gasteiger partial charge in [0.1, 0.15) is 17.0 Å². The normalized spacial score (nSPS) is 14.3. The fourth-order valence-electron chi connectivity index (χ4n) is 4.01. The van der Waals surface area contributed by atoms with E-state index in [9.17, 15) is 27.9 Å². The molecule has 0 bridgehead atoms. The zero-order chi connectivity index (χ0) is 28.6. The summed E-state index contributed by atoms with van der Waals surface area (Å²) in [5.41, 5.74) is -1.23. The highest BCUT2D eigenvalue weighted by Crippen LogP contribution is 2.46. The highest BCUT2D eigenvalue weighted by atomic mass is 35.5. The van der Waals surface area contributed by atoms with E-state index in [2.05, 4.69) is 22.1 Å². The molecule has 11 heteroatoms. The van der Waals surface area contributed by atoms with Gasteiger partial charge in [-0.25, -0.2) is 9.78 Å². The van der Waals surface area contributed by atoms with Crippen LogP contribution in [-0.2, 0) is 23.0 Å². The molecule has 4 rings (SSSR count). The number of ether oxygens (including phenoxy) is 1. The number of rotatable bonds is 6. The number of aromatic nitrogens is 2. The molecule has 0 aliphatic heterocycles. The highest BCUT2D eigenvalue weighted by Gasteiger charge is 2.46. The fourth-order valence-corrected chi connectivity index (χ4v) is 4.24. The molecule has 2 aromatic carbocycles. The summed E-state index contributed by atoms with van der Waals surface area (Å²) in [5.74, 6) is 4.30. The van der Waals surface area contributed by atoms with E-state index >= 15 is 0 Å². The van der Waals surface area contributed by atoms with Crippen LogP contribution in [0.25, 0.3) is 0 Å². The lowest BCUT2D eigenvalue weighted by Crippen LogP contribution is -2.36. The summed E-state index contributed by atoms with van der Waals surface area (Å²) in [6, 6.07) is 11.2. The number of nitrogens with zero attached hydrogens (tertiary/aromatic N) is 2. The van der Waals surface area contributed by atoms with Crippen molar-refractivity contribution in [3.8, 4) is 11.8 Å². The summed E-state index contributed by atoms with van der Waals surface area (Å²) in [6.45, 7) is 2.90. The summed E-state index contributed by atoms with van der Waals surface area (Å²) in [5, 5.41) is 13.0. The first kappa shape index (κ1) is 28.2. The number of amides is 1. The van der Waals surface area contributed by atoms with Gasteiger partial charge >= 0.3 is 12.1 Å². The standard InChI is InChI=1S/C28H25ClF3N3O4/c1-26(2,38)13-12-21-22(35(25(29)33-21)16-17-4-8-20(9-5-17)28(30,31)32)23(36)34-27(14-15-27)19-10-6-18(7-11-19)24(37)39-3/h4-11,38H,14-16H2,1-3H3,(H,34,36). The second-order valence-electron chi connectivity index (χ2n) is 9.77. The summed E-state index contributed by atoms with van der Waals surface area (Å²) >= 11 is 6.38. The molecular formula is C28H25ClF3N3O4. The average Bonchev–Trinajstić information content (AvgIpc) is 3.58. The maximum atomic E-state index is 13.7. The molecule has 1 aromatic heterocycles. The van der Waals surface area contributed by atoms with Crippen LogP contribution in [0.5, 0.6) is 0 Å². The predicted molar refractivity (Wildman–Crippen MR) is 137 cm³/mol. The SMILES string of the molecule is COC(=O)c1ccc(C2(NC(=O)c3c(C#CC(C)(C)O)nc(Cl)n3Cc3ccc(C(F)(F)F)cc3)CC2)cc1. The molecule has 1 heterocycles. The number of alkyl halides is 3. The number of imidazole rings is 1. The van der Waals surface area contributed by atoms with Gasteiger partial charge in [0.15, 0.2) is 0 Å². The first-order valence-electron chi connectivity index (χ1n) is 11.9. The maximum Gasteiger partial charge on any atom is 0.416 e. The number of hydrogen-bond acceptors (Lipinski definition) is 5. The van der Waals surface area contributed by atoms with Crippen LogP contribution in [0.3, 0.4) is 0 Å². The Kier molecular flexibility index (Phi) is 7.52. The van der Waals surface area contributed by atoms with Crippen molar-refractivity contribution in [3.63, 3.8) is 0 Å². The van der Waals surface area contributed by atoms with Crippen LogP contribution in [0.15, 0.2) is 48.5 Å². The molecule has 1 saturated carbocycles. The van der Waals surface area contributed by atoms with Crippen molar-refractivity contribution >= 4 is 23.5 Å². The third kappa shape index (κ3) is 6.44. The van der Waals surface area contributed by atoms with Crippen LogP contribution in [-0.4, -0.2) is 39.2 Å². The number of methoxy groups -OCH3 is 1. The molecule has 0 saturated heterocycles. The van der Waals surface area contributed by atoms with Gasteiger partial charge in [-0.15, -0.1) is 0 Å². The van der Waals surface area contributed by atoms with Crippen LogP contribution in [0.2, 0.25) is 5.28 Å². The van der Waals surface area contributed by atoms with Gasteiger partial charge < -0.3 is 19.7 Å². The van der Waals surface area contributed by atoms with Crippen molar-refractivity contribution in [2.75, 3.05) is 7.11 Å². The number of esters is 1. The lowest BCUT2D eigenvalue weighted by Gasteiger charge is -2.19. The molecule has 1 aliphatic rings. The van der Waals surface area contributed by atoms with Gasteiger partial charge in [-0.2, -0.15) is 13.2 Å². The largest absolute Gasteiger partial charge is 0.465 e. The van der Waals surface area contributed by atoms with Gasteiger partial charge in [-0.3, -0.25) is 4.79 Å². The van der Waals surface area contributed by atoms with Gasteiger partial charge in [0.25, 0.3) is 5.91 Å². The lowest BCUT2D eigenvalue weighted by molar-refractivity contribution is -0.137. The third-order valence-corrected chi connectivity index (χ3v) is 6.49. The van der Waals surface area contributed by atoms with Gasteiger partial charge in [0, 0.05) is 0 Å². The van der Waals surface area contributed by atoms with Crippen molar-refractivity contribution in [1.82, 2.24) is 14.9 Å². The summed E-state index contributed by atoms with van der Waals surface area (Å²) in [6.07, 6.45) is -3.20. The van der Waals surface area contributed by atoms with E-state index in [1.807, 2.05) is 0 Å². The number of halogens is 4. The van der Waals surface area contributed by atoms with Gasteiger partial charge in [0.05, 0.1) is 30.3 Å². The molecule has 0 atom stereocenters. The monoisotopic (exact) mass is 559 g/mol. The van der Waals surface area contributed by atoms with Gasteiger partial charge in [0.2, 0.25) is 5.28 Å². The van der Waals surface area contributed by atoms with Gasteiger partial charge in [-0.1, -0.05) is 30.2 Å². The predicted octanol–water partition coefficient (Wildman–Crippen LogP) is 4.93. The molecule has 3 aromatic rings. The number of nitrogens with one attached hydrogen (secondary N) is 1. The maximum absolute atomic E-state index is 13.7. The molecular weight excluding hydrogens is 535 g/mol. The minimum absolute atomic E-state index is 0.00843. The van der Waals surface area contributed by atoms with E-state index in [0.717, 1.165) is 17.7 Å². The van der Waals surface area contributed by atoms with Crippen LogP contribution >= 0.6 is 11.6 Å². The smallest absolute Gasteiger partial charge is 0.416 e. The second kappa shape index (κ2) is 10.4. The van der Waals surface area contributed by atoms with E-state index in [1.54, 1.807) is 24.3 Å². The van der Waals surface area contributed by atoms with Crippen molar-refractivity contribution in [1.29, 1.82) is 0 Å². The first-order chi connectivity index (χ1) is 18.2. The minimum Gasteiger partial charge on any atom is -0.465 e. The summed E-state index contributed by atoms with van der Waals surface area (Å²) < 4.78 is 45.1. The average molecular weight is 560 g/mol. The van der Waals surface area contributed by atoms with Crippen molar-refractivity contribution in [3.05, 3.63) is 87.5 Å². The number of aliphatic hydroxyl groups is 1. The number of benzene rings is 2. The second-order valence-corrected chi connectivity index (χ2v) is 10.1. The van der Waals surface area contributed by atoms with Crippen LogP contribution in [0.1, 0.15) is 69.9 Å². The summed E-state index contributed by atoms with van der Waals surface area (Å²) in [7, 11) is 1.29. The molecule has 39 heavy (non-hydrogen) atoms. The highest BCUT2D eigenvalue weighted by molar-refractivity contribution is 6.29. The molecule has 2 N–H and O–H groups in total. The zero-order valence-corrected chi connectivity index (χ0v) is 22.1. The number of carbonyl (C=O) groups is 2. The lowest BCUT2D eigenvalue weighted by atomic mass is 10.0. The zero-order valence-electron chi connectivity index (χ0n) is 21.3. The molecule has 7 nitrogen and oxygen atoms in total. The molecule has 1 fully saturated rings. The Bertz CT molecular complexity index is 1460. The number of hydrogen-bond donors (Lipinski definition) is 2. The van der Waals surface area contributed by atoms with E-state index in [1.165, 1.54) is 37.7 Å². The van der Waals surface area contributed by atoms with E-state index < -0.39 is 34.8 Å². The summed E-state index contributed by atoms with van der Waals surface area (Å²) in [4.78, 5) is 29.6. The van der Waals surface area contributed by atoms with E-state index in [-0.39, 0.29) is 23.2 Å². The Balaban J connectivity index is 1.68. The molecule has 0 spiro atoms. The third-order valence-electron chi connectivity index (χ3n) is 6.21. The Morgan fingerprint density at radius 3 is 2.26 bits per heavy atom. The first-order valence-corrected chi connectivity index (χ1v) is 12.3. The van der Waals surface area contributed by atoms with Crippen molar-refractivity contribution in [2.24, 2.45) is 0 Å². The Morgan fingerprint density at radius 1 is 1.13 bits per heavy atom. The van der Waals surface area contributed by atoms with E-state index in [0.29, 0.717) is 24.0 Å². The van der Waals surface area contributed by atoms with E-state index in [4.69, 9.17) is 16.3 Å². The van der Waals surface area contributed by atoms with Crippen molar-refractivity contribution < 1.29 is 32.6 Å². The quantitative estimate of drug-likeness (QED) is 0.330. The molecule has 1 aliphatic carbocycles. The fraction of sp³-hybridized carbons (Fsp3) is 0.321. The molecule has 204 valence electrons. The van der Waals surface area contributed by atoms with Gasteiger partial charge in [-0.05, 0) is 79.6 Å². The Labute approximate surface area is 228 Å². The number of carbonyl (C=O) groups excluding carboxylic acids is 2.